The zero-order valence-electron chi connectivity index (χ0n) is 28.2. The molecule has 6 rings (SSSR count). The zero-order chi connectivity index (χ0) is 31.6. The molecule has 8 heteroatoms. The fourth-order valence-electron chi connectivity index (χ4n) is 8.84. The summed E-state index contributed by atoms with van der Waals surface area (Å²) in [6, 6.07) is 10.0. The first-order chi connectivity index (χ1) is 21.7. The van der Waals surface area contributed by atoms with Crippen molar-refractivity contribution in [1.82, 2.24) is 24.5 Å². The predicted molar refractivity (Wildman–Crippen MR) is 178 cm³/mol. The molecule has 0 N–H and O–H groups in total. The number of rotatable bonds is 8. The highest BCUT2D eigenvalue weighted by Gasteiger charge is 2.51. The molecule has 0 radical (unpaired) electrons. The van der Waals surface area contributed by atoms with Gasteiger partial charge < -0.3 is 14.5 Å². The number of hydrogen-bond acceptors (Lipinski definition) is 5. The first kappa shape index (κ1) is 32.1. The van der Waals surface area contributed by atoms with Crippen LogP contribution in [0.1, 0.15) is 113 Å². The second-order valence-electron chi connectivity index (χ2n) is 14.8. The van der Waals surface area contributed by atoms with Gasteiger partial charge in [-0.25, -0.2) is 9.48 Å². The average molecular weight is 618 g/mol. The van der Waals surface area contributed by atoms with Crippen molar-refractivity contribution in [3.05, 3.63) is 47.3 Å². The lowest BCUT2D eigenvalue weighted by Gasteiger charge is -2.55. The number of piperidine rings is 2. The Morgan fingerprint density at radius 1 is 0.978 bits per heavy atom. The minimum atomic E-state index is -0.327. The molecule has 246 valence electrons. The van der Waals surface area contributed by atoms with Crippen LogP contribution in [-0.2, 0) is 4.74 Å². The van der Waals surface area contributed by atoms with Gasteiger partial charge in [0.1, 0.15) is 5.60 Å². The van der Waals surface area contributed by atoms with E-state index in [-0.39, 0.29) is 23.1 Å². The number of amides is 2. The van der Waals surface area contributed by atoms with Gasteiger partial charge in [0.15, 0.2) is 0 Å². The summed E-state index contributed by atoms with van der Waals surface area (Å²) in [6.07, 6.45) is 13.6. The van der Waals surface area contributed by atoms with Gasteiger partial charge in [0.05, 0.1) is 22.6 Å². The number of hydrogen-bond donors (Lipinski definition) is 0. The Morgan fingerprint density at radius 3 is 2.33 bits per heavy atom. The van der Waals surface area contributed by atoms with E-state index in [2.05, 4.69) is 23.6 Å². The van der Waals surface area contributed by atoms with E-state index in [0.29, 0.717) is 11.8 Å². The van der Waals surface area contributed by atoms with Crippen molar-refractivity contribution in [2.24, 2.45) is 11.8 Å². The smallest absolute Gasteiger partial charge is 0.410 e. The van der Waals surface area contributed by atoms with Gasteiger partial charge in [0.2, 0.25) is 0 Å². The molecule has 1 spiro atoms. The summed E-state index contributed by atoms with van der Waals surface area (Å²) >= 11 is 0. The Kier molecular flexibility index (Phi) is 9.60. The molecule has 8 nitrogen and oxygen atoms in total. The summed E-state index contributed by atoms with van der Waals surface area (Å²) < 4.78 is 8.39. The van der Waals surface area contributed by atoms with Crippen molar-refractivity contribution in [2.75, 3.05) is 39.3 Å². The molecular weight excluding hydrogens is 562 g/mol. The second kappa shape index (κ2) is 13.5. The van der Waals surface area contributed by atoms with Crippen molar-refractivity contribution in [3.63, 3.8) is 0 Å². The molecule has 3 saturated heterocycles. The highest BCUT2D eigenvalue weighted by atomic mass is 16.6. The summed E-state index contributed by atoms with van der Waals surface area (Å²) in [6.45, 7) is 13.7. The van der Waals surface area contributed by atoms with Crippen molar-refractivity contribution in [1.29, 1.82) is 0 Å². The number of aryl methyl sites for hydroxylation is 1. The normalized spacial score (nSPS) is 24.2. The quantitative estimate of drug-likeness (QED) is 0.315. The van der Waals surface area contributed by atoms with Crippen LogP contribution in [0.5, 0.6) is 0 Å². The predicted octanol–water partition coefficient (Wildman–Crippen LogP) is 7.16. The van der Waals surface area contributed by atoms with Gasteiger partial charge in [-0.2, -0.15) is 5.10 Å². The topological polar surface area (TPSA) is 70.9 Å². The first-order valence-corrected chi connectivity index (χ1v) is 17.9. The van der Waals surface area contributed by atoms with E-state index < -0.39 is 0 Å². The SMILES string of the molecule is CCCCC1CN(CC2CCCCC2)C(=O)OC12CCN(C1(C)CCN(C(=O)c3c(C)nn(-c4ccccc4)c3C)CC1)CC2. The summed E-state index contributed by atoms with van der Waals surface area (Å²) in [5, 5.41) is 4.73. The zero-order valence-corrected chi connectivity index (χ0v) is 28.2. The molecule has 1 aliphatic carbocycles. The van der Waals surface area contributed by atoms with Crippen LogP contribution >= 0.6 is 0 Å². The van der Waals surface area contributed by atoms with E-state index >= 15 is 0 Å². The van der Waals surface area contributed by atoms with Crippen LogP contribution < -0.4 is 0 Å². The van der Waals surface area contributed by atoms with E-state index in [1.165, 1.54) is 44.9 Å². The van der Waals surface area contributed by atoms with Gasteiger partial charge in [0.25, 0.3) is 5.91 Å². The number of aromatic nitrogens is 2. The number of unbranched alkanes of at least 4 members (excludes halogenated alkanes) is 1. The Balaban J connectivity index is 1.07. The number of nitrogens with zero attached hydrogens (tertiary/aromatic N) is 5. The largest absolute Gasteiger partial charge is 0.442 e. The van der Waals surface area contributed by atoms with Gasteiger partial charge in [-0.15, -0.1) is 0 Å². The van der Waals surface area contributed by atoms with E-state index in [4.69, 9.17) is 9.84 Å². The van der Waals surface area contributed by atoms with Crippen LogP contribution in [0.2, 0.25) is 0 Å². The number of carbonyl (C=O) groups is 2. The highest BCUT2D eigenvalue weighted by Crippen LogP contribution is 2.44. The summed E-state index contributed by atoms with van der Waals surface area (Å²) in [4.78, 5) is 33.9. The van der Waals surface area contributed by atoms with Crippen LogP contribution in [0.15, 0.2) is 30.3 Å². The Morgan fingerprint density at radius 2 is 1.67 bits per heavy atom. The third kappa shape index (κ3) is 6.54. The fourth-order valence-corrected chi connectivity index (χ4v) is 8.84. The van der Waals surface area contributed by atoms with Crippen molar-refractivity contribution < 1.29 is 14.3 Å². The molecule has 4 fully saturated rings. The molecule has 45 heavy (non-hydrogen) atoms. The molecule has 1 saturated carbocycles. The third-order valence-corrected chi connectivity index (χ3v) is 11.9. The lowest BCUT2D eigenvalue weighted by Crippen LogP contribution is -2.63. The number of ether oxygens (including phenoxy) is 1. The standard InChI is InChI=1S/C37H55N5O3/c1-5-6-15-31-27-40(26-30-13-9-7-10-14-30)35(44)45-37(31)20-24-41(25-21-37)36(4)18-22-39(23-19-36)34(43)33-28(2)38-42(29(33)3)32-16-11-8-12-17-32/h8,11-12,16-17,30-31H,5-7,9-10,13-15,18-27H2,1-4H3. The average Bonchev–Trinajstić information content (AvgIpc) is 3.36. The lowest BCUT2D eigenvalue weighted by atomic mass is 9.74. The monoisotopic (exact) mass is 617 g/mol. The van der Waals surface area contributed by atoms with Crippen molar-refractivity contribution in [3.8, 4) is 5.69 Å². The first-order valence-electron chi connectivity index (χ1n) is 17.9. The number of likely N-dealkylation sites (tertiary alicyclic amines) is 2. The number of carbonyl (C=O) groups excluding carboxylic acids is 2. The molecule has 1 unspecified atom stereocenters. The molecule has 0 bridgehead atoms. The molecule has 4 aliphatic rings. The number of benzene rings is 1. The Bertz CT molecular complexity index is 1320. The van der Waals surface area contributed by atoms with Gasteiger partial charge >= 0.3 is 6.09 Å². The van der Waals surface area contributed by atoms with E-state index in [1.54, 1.807) is 0 Å². The third-order valence-electron chi connectivity index (χ3n) is 11.9. The van der Waals surface area contributed by atoms with Gasteiger partial charge in [-0.1, -0.05) is 57.2 Å². The van der Waals surface area contributed by atoms with Crippen molar-refractivity contribution >= 4 is 12.0 Å². The highest BCUT2D eigenvalue weighted by molar-refractivity contribution is 5.96. The van der Waals surface area contributed by atoms with Gasteiger partial charge in [0, 0.05) is 63.6 Å². The molecule has 1 aromatic carbocycles. The summed E-state index contributed by atoms with van der Waals surface area (Å²) in [7, 11) is 0. The molecule has 2 aromatic rings. The van der Waals surface area contributed by atoms with E-state index in [9.17, 15) is 9.59 Å². The van der Waals surface area contributed by atoms with Crippen molar-refractivity contribution in [2.45, 2.75) is 116 Å². The maximum absolute atomic E-state index is 13.8. The van der Waals surface area contributed by atoms with E-state index in [1.807, 2.05) is 53.8 Å². The second-order valence-corrected chi connectivity index (χ2v) is 14.8. The van der Waals surface area contributed by atoms with Gasteiger partial charge in [-0.3, -0.25) is 9.69 Å². The molecule has 4 heterocycles. The summed E-state index contributed by atoms with van der Waals surface area (Å²) in [5.41, 5.74) is 3.11. The maximum atomic E-state index is 13.8. The van der Waals surface area contributed by atoms with Gasteiger partial charge in [-0.05, 0) is 70.9 Å². The van der Waals surface area contributed by atoms with Crippen LogP contribution in [-0.4, -0.2) is 86.9 Å². The molecular formula is C37H55N5O3. The minimum Gasteiger partial charge on any atom is -0.442 e. The minimum absolute atomic E-state index is 0.0430. The molecule has 3 aliphatic heterocycles. The molecule has 1 aromatic heterocycles. The maximum Gasteiger partial charge on any atom is 0.410 e. The van der Waals surface area contributed by atoms with Crippen LogP contribution in [0.4, 0.5) is 4.79 Å². The molecule has 1 atom stereocenters. The lowest BCUT2D eigenvalue weighted by molar-refractivity contribution is -0.134. The fraction of sp³-hybridized carbons (Fsp3) is 0.703. The Labute approximate surface area is 270 Å². The Hall–Kier alpha value is -2.87. The van der Waals surface area contributed by atoms with Crippen LogP contribution in [0.25, 0.3) is 5.69 Å². The van der Waals surface area contributed by atoms with E-state index in [0.717, 1.165) is 94.0 Å². The van der Waals surface area contributed by atoms with Crippen LogP contribution in [0, 0.1) is 25.7 Å². The van der Waals surface area contributed by atoms with Crippen LogP contribution in [0.3, 0.4) is 0 Å². The number of para-hydroxylation sites is 1. The molecule has 2 amide bonds. The summed E-state index contributed by atoms with van der Waals surface area (Å²) in [5.74, 6) is 1.15.